The van der Waals surface area contributed by atoms with Crippen LogP contribution < -0.4 is 0 Å². The fourth-order valence-electron chi connectivity index (χ4n) is 9.24. The largest absolute Gasteiger partial charge is 0.481 e. The third-order valence-electron chi connectivity index (χ3n) is 10.4. The molecule has 168 valence electrons. The van der Waals surface area contributed by atoms with Crippen molar-refractivity contribution in [2.24, 2.45) is 57.7 Å². The molecule has 9 unspecified atom stereocenters. The second-order valence-electron chi connectivity index (χ2n) is 11.7. The van der Waals surface area contributed by atoms with Gasteiger partial charge >= 0.3 is 17.9 Å². The summed E-state index contributed by atoms with van der Waals surface area (Å²) in [5.74, 6) is -3.92. The van der Waals surface area contributed by atoms with Crippen LogP contribution in [0.3, 0.4) is 0 Å². The third kappa shape index (κ3) is 2.57. The fourth-order valence-corrected chi connectivity index (χ4v) is 9.24. The lowest BCUT2D eigenvalue weighted by atomic mass is 9.32. The lowest BCUT2D eigenvalue weighted by Gasteiger charge is -2.71. The molecule has 5 rings (SSSR count). The van der Waals surface area contributed by atoms with Crippen molar-refractivity contribution in [3.8, 4) is 0 Å². The molecule has 3 N–H and O–H groups in total. The van der Waals surface area contributed by atoms with Crippen molar-refractivity contribution in [2.75, 3.05) is 0 Å². The quantitative estimate of drug-likeness (QED) is 0.622. The Morgan fingerprint density at radius 1 is 0.933 bits per heavy atom. The number of hydrogen-bond acceptors (Lipinski definition) is 3. The van der Waals surface area contributed by atoms with E-state index in [1.807, 2.05) is 6.92 Å². The highest BCUT2D eigenvalue weighted by Crippen LogP contribution is 2.75. The summed E-state index contributed by atoms with van der Waals surface area (Å²) >= 11 is 0. The van der Waals surface area contributed by atoms with Gasteiger partial charge in [-0.15, -0.1) is 0 Å². The molecule has 5 aliphatic rings. The molecule has 0 aromatic carbocycles. The summed E-state index contributed by atoms with van der Waals surface area (Å²) in [6.45, 7) is 8.33. The molecule has 0 amide bonds. The average molecular weight is 421 g/mol. The summed E-state index contributed by atoms with van der Waals surface area (Å²) in [6, 6.07) is 0. The van der Waals surface area contributed by atoms with Gasteiger partial charge in [-0.1, -0.05) is 27.2 Å². The third-order valence-corrected chi connectivity index (χ3v) is 10.4. The van der Waals surface area contributed by atoms with Crippen LogP contribution in [0.25, 0.3) is 0 Å². The van der Waals surface area contributed by atoms with E-state index in [2.05, 4.69) is 20.8 Å². The molecule has 6 nitrogen and oxygen atoms in total. The zero-order valence-corrected chi connectivity index (χ0v) is 18.6. The molecule has 0 saturated heterocycles. The van der Waals surface area contributed by atoms with Crippen LogP contribution in [0.1, 0.15) is 72.6 Å². The summed E-state index contributed by atoms with van der Waals surface area (Å²) in [6.07, 6.45) is 5.23. The van der Waals surface area contributed by atoms with E-state index in [9.17, 15) is 29.7 Å². The van der Waals surface area contributed by atoms with E-state index in [0.29, 0.717) is 25.2 Å². The van der Waals surface area contributed by atoms with Crippen molar-refractivity contribution in [1.29, 1.82) is 0 Å². The molecule has 30 heavy (non-hydrogen) atoms. The van der Waals surface area contributed by atoms with Gasteiger partial charge in [0.1, 0.15) is 0 Å². The first-order valence-corrected chi connectivity index (χ1v) is 11.6. The van der Waals surface area contributed by atoms with Crippen LogP contribution in [-0.2, 0) is 14.4 Å². The molecule has 5 saturated carbocycles. The van der Waals surface area contributed by atoms with Crippen molar-refractivity contribution in [3.05, 3.63) is 0 Å². The second-order valence-corrected chi connectivity index (χ2v) is 11.7. The van der Waals surface area contributed by atoms with Gasteiger partial charge < -0.3 is 15.3 Å². The first-order chi connectivity index (χ1) is 13.9. The number of carboxylic acids is 3. The second kappa shape index (κ2) is 6.70. The van der Waals surface area contributed by atoms with E-state index in [0.717, 1.165) is 25.7 Å². The van der Waals surface area contributed by atoms with Gasteiger partial charge in [0, 0.05) is 0 Å². The number of carbonyl (C=O) groups is 3. The Labute approximate surface area is 178 Å². The Kier molecular flexibility index (Phi) is 4.83. The van der Waals surface area contributed by atoms with Crippen molar-refractivity contribution in [2.45, 2.75) is 72.6 Å². The summed E-state index contributed by atoms with van der Waals surface area (Å²) < 4.78 is 0. The highest BCUT2D eigenvalue weighted by atomic mass is 16.4. The molecule has 0 aromatic heterocycles. The van der Waals surface area contributed by atoms with Gasteiger partial charge in [0.25, 0.3) is 0 Å². The van der Waals surface area contributed by atoms with Crippen LogP contribution in [0.5, 0.6) is 0 Å². The molecule has 1 spiro atoms. The van der Waals surface area contributed by atoms with Crippen molar-refractivity contribution in [1.82, 2.24) is 0 Å². The molecule has 6 heteroatoms. The summed E-state index contributed by atoms with van der Waals surface area (Å²) in [4.78, 5) is 37.1. The zero-order chi connectivity index (χ0) is 22.2. The number of carboxylic acid groups (broad SMARTS) is 3. The summed E-state index contributed by atoms with van der Waals surface area (Å²) in [7, 11) is 0. The Morgan fingerprint density at radius 2 is 1.60 bits per heavy atom. The van der Waals surface area contributed by atoms with Gasteiger partial charge in [-0.25, -0.2) is 0 Å². The fraction of sp³-hybridized carbons (Fsp3) is 0.875. The van der Waals surface area contributed by atoms with E-state index < -0.39 is 40.6 Å². The molecule has 0 radical (unpaired) electrons. The smallest absolute Gasteiger partial charge is 0.309 e. The average Bonchev–Trinajstić information content (AvgIpc) is 2.65. The van der Waals surface area contributed by atoms with Crippen LogP contribution in [0.15, 0.2) is 0 Å². The maximum absolute atomic E-state index is 12.5. The van der Waals surface area contributed by atoms with E-state index in [4.69, 9.17) is 0 Å². The minimum Gasteiger partial charge on any atom is -0.481 e. The Balaban J connectivity index is 1.85. The van der Waals surface area contributed by atoms with Gasteiger partial charge in [0.2, 0.25) is 0 Å². The first-order valence-electron chi connectivity index (χ1n) is 11.6. The number of fused-ring (bicyclic) bond motifs is 3. The highest BCUT2D eigenvalue weighted by Gasteiger charge is 2.72. The minimum atomic E-state index is -0.974. The van der Waals surface area contributed by atoms with Crippen LogP contribution >= 0.6 is 0 Å². The van der Waals surface area contributed by atoms with Crippen LogP contribution in [0.2, 0.25) is 0 Å². The summed E-state index contributed by atoms with van der Waals surface area (Å²) in [5, 5.41) is 30.4. The Morgan fingerprint density at radius 3 is 2.13 bits per heavy atom. The van der Waals surface area contributed by atoms with Gasteiger partial charge in [-0.2, -0.15) is 0 Å². The van der Waals surface area contributed by atoms with E-state index >= 15 is 0 Å². The van der Waals surface area contributed by atoms with Gasteiger partial charge in [0.15, 0.2) is 0 Å². The number of aliphatic carboxylic acids is 3. The van der Waals surface area contributed by atoms with Gasteiger partial charge in [0.05, 0.1) is 17.3 Å². The van der Waals surface area contributed by atoms with Gasteiger partial charge in [-0.3, -0.25) is 14.4 Å². The summed E-state index contributed by atoms with van der Waals surface area (Å²) in [5.41, 5.74) is -1.57. The van der Waals surface area contributed by atoms with Crippen LogP contribution in [-0.4, -0.2) is 33.2 Å². The molecule has 0 heterocycles. The van der Waals surface area contributed by atoms with Crippen LogP contribution in [0, 0.1) is 57.7 Å². The molecular formula is C24H36O6. The lowest BCUT2D eigenvalue weighted by Crippen LogP contribution is -2.69. The molecule has 5 aliphatic carbocycles. The van der Waals surface area contributed by atoms with Crippen LogP contribution in [0.4, 0.5) is 0 Å². The number of rotatable bonds is 4. The first kappa shape index (κ1) is 21.6. The lowest BCUT2D eigenvalue weighted by molar-refractivity contribution is -0.247. The van der Waals surface area contributed by atoms with E-state index in [1.54, 1.807) is 0 Å². The predicted molar refractivity (Wildman–Crippen MR) is 110 cm³/mol. The molecule has 5 fully saturated rings. The van der Waals surface area contributed by atoms with Gasteiger partial charge in [-0.05, 0) is 85.9 Å². The van der Waals surface area contributed by atoms with Crippen molar-refractivity contribution < 1.29 is 29.7 Å². The SMILES string of the molecule is CC(C)C1CC23CCC4C(C)(C(=O)O)CCCC4(C)C2CC1C(C(=O)O)C3C(=O)O. The standard InChI is InChI=1S/C24H36O6/c1-12(2)14-11-24-9-6-15-22(3,7-5-8-23(15,4)21(29)30)16(24)10-13(14)17(19(25)26)18(24)20(27)28/h12-18H,5-11H2,1-4H3,(H,25,26)(H,27,28)(H,29,30). The minimum absolute atomic E-state index is 0.0152. The van der Waals surface area contributed by atoms with E-state index in [1.165, 1.54) is 0 Å². The van der Waals surface area contributed by atoms with Crippen molar-refractivity contribution in [3.63, 3.8) is 0 Å². The normalized spacial score (nSPS) is 49.9. The highest BCUT2D eigenvalue weighted by molar-refractivity contribution is 5.82. The van der Waals surface area contributed by atoms with E-state index in [-0.39, 0.29) is 29.1 Å². The molecular weight excluding hydrogens is 384 g/mol. The Bertz CT molecular complexity index is 776. The zero-order valence-electron chi connectivity index (χ0n) is 18.6. The molecule has 0 aromatic rings. The number of hydrogen-bond donors (Lipinski definition) is 3. The predicted octanol–water partition coefficient (Wildman–Crippen LogP) is 4.38. The molecule has 2 bridgehead atoms. The maximum Gasteiger partial charge on any atom is 0.309 e. The molecule has 9 atom stereocenters. The topological polar surface area (TPSA) is 112 Å². The maximum atomic E-state index is 12.5. The molecule has 0 aliphatic heterocycles. The Hall–Kier alpha value is -1.59. The van der Waals surface area contributed by atoms with Crippen molar-refractivity contribution >= 4 is 17.9 Å². The monoisotopic (exact) mass is 420 g/mol.